The van der Waals surface area contributed by atoms with Crippen LogP contribution in [0.15, 0.2) is 24.4 Å². The molecule has 3 heteroatoms. The molecule has 94 valence electrons. The fraction of sp³-hybridized carbons (Fsp3) is 0.333. The Morgan fingerprint density at radius 3 is 2.56 bits per heavy atom. The maximum atomic E-state index is 4.60. The molecule has 0 aliphatic rings. The lowest BCUT2D eigenvalue weighted by Crippen LogP contribution is -1.99. The van der Waals surface area contributed by atoms with E-state index in [1.807, 2.05) is 12.3 Å². The highest BCUT2D eigenvalue weighted by Gasteiger charge is 2.08. The molecule has 1 aromatic heterocycles. The molecule has 0 saturated heterocycles. The molecule has 0 aliphatic carbocycles. The van der Waals surface area contributed by atoms with Crippen molar-refractivity contribution in [1.82, 2.24) is 9.97 Å². The van der Waals surface area contributed by atoms with Gasteiger partial charge >= 0.3 is 0 Å². The minimum Gasteiger partial charge on any atom is -0.241 e. The van der Waals surface area contributed by atoms with Gasteiger partial charge in [-0.2, -0.15) is 12.6 Å². The van der Waals surface area contributed by atoms with Crippen molar-refractivity contribution in [3.63, 3.8) is 0 Å². The Kier molecular flexibility index (Phi) is 4.02. The van der Waals surface area contributed by atoms with Crippen LogP contribution in [0.4, 0.5) is 0 Å². The molecular formula is C15H18N2S. The number of thiol groups is 1. The van der Waals surface area contributed by atoms with Gasteiger partial charge in [-0.15, -0.1) is 0 Å². The number of hydrogen-bond donors (Lipinski definition) is 1. The summed E-state index contributed by atoms with van der Waals surface area (Å²) in [6, 6.07) is 6.27. The minimum atomic E-state index is 0.773. The topological polar surface area (TPSA) is 25.8 Å². The molecule has 0 unspecified atom stereocenters. The molecule has 0 N–H and O–H groups in total. The third-order valence-corrected chi connectivity index (χ3v) is 3.60. The summed E-state index contributed by atoms with van der Waals surface area (Å²) >= 11 is 4.22. The van der Waals surface area contributed by atoms with Gasteiger partial charge in [0.1, 0.15) is 5.82 Å². The quantitative estimate of drug-likeness (QED) is 0.852. The van der Waals surface area contributed by atoms with Gasteiger partial charge in [0.05, 0.1) is 5.69 Å². The Balaban J connectivity index is 2.48. The first-order valence-corrected chi connectivity index (χ1v) is 6.76. The summed E-state index contributed by atoms with van der Waals surface area (Å²) < 4.78 is 0. The predicted octanol–water partition coefficient (Wildman–Crippen LogP) is 3.54. The summed E-state index contributed by atoms with van der Waals surface area (Å²) in [5.74, 6) is 1.63. The van der Waals surface area contributed by atoms with Crippen molar-refractivity contribution >= 4 is 12.6 Å². The van der Waals surface area contributed by atoms with E-state index in [-0.39, 0.29) is 0 Å². The van der Waals surface area contributed by atoms with Crippen molar-refractivity contribution in [2.45, 2.75) is 27.2 Å². The second-order valence-corrected chi connectivity index (χ2v) is 4.96. The lowest BCUT2D eigenvalue weighted by molar-refractivity contribution is 0.952. The Morgan fingerprint density at radius 2 is 1.83 bits per heavy atom. The van der Waals surface area contributed by atoms with Crippen LogP contribution in [0.5, 0.6) is 0 Å². The van der Waals surface area contributed by atoms with Gasteiger partial charge in [0.2, 0.25) is 0 Å². The first-order valence-electron chi connectivity index (χ1n) is 6.13. The van der Waals surface area contributed by atoms with Gasteiger partial charge in [0.25, 0.3) is 0 Å². The van der Waals surface area contributed by atoms with E-state index in [1.165, 1.54) is 22.3 Å². The monoisotopic (exact) mass is 258 g/mol. The first-order chi connectivity index (χ1) is 8.63. The highest BCUT2D eigenvalue weighted by atomic mass is 32.1. The van der Waals surface area contributed by atoms with Crippen LogP contribution in [0, 0.1) is 20.8 Å². The summed E-state index contributed by atoms with van der Waals surface area (Å²) in [6.45, 7) is 6.44. The third kappa shape index (κ3) is 2.56. The first kappa shape index (κ1) is 13.1. The average Bonchev–Trinajstić information content (AvgIpc) is 2.37. The van der Waals surface area contributed by atoms with E-state index in [9.17, 15) is 0 Å². The van der Waals surface area contributed by atoms with E-state index in [4.69, 9.17) is 0 Å². The van der Waals surface area contributed by atoms with Gasteiger partial charge in [-0.25, -0.2) is 9.97 Å². The van der Waals surface area contributed by atoms with Crippen molar-refractivity contribution in [3.8, 4) is 11.3 Å². The summed E-state index contributed by atoms with van der Waals surface area (Å²) in [5, 5.41) is 0. The number of benzene rings is 1. The number of aryl methyl sites for hydroxylation is 2. The van der Waals surface area contributed by atoms with Crippen LogP contribution in [-0.4, -0.2) is 15.7 Å². The molecule has 0 radical (unpaired) electrons. The van der Waals surface area contributed by atoms with E-state index in [1.54, 1.807) is 0 Å². The van der Waals surface area contributed by atoms with Crippen LogP contribution < -0.4 is 0 Å². The van der Waals surface area contributed by atoms with Crippen molar-refractivity contribution in [3.05, 3.63) is 46.9 Å². The molecule has 18 heavy (non-hydrogen) atoms. The highest BCUT2D eigenvalue weighted by molar-refractivity contribution is 7.80. The zero-order chi connectivity index (χ0) is 13.1. The maximum absolute atomic E-state index is 4.60. The fourth-order valence-electron chi connectivity index (χ4n) is 2.00. The van der Waals surface area contributed by atoms with Crippen LogP contribution in [0.3, 0.4) is 0 Å². The lowest BCUT2D eigenvalue weighted by atomic mass is 9.97. The molecule has 0 aliphatic heterocycles. The lowest BCUT2D eigenvalue weighted by Gasteiger charge is -2.11. The zero-order valence-electron chi connectivity index (χ0n) is 11.1. The van der Waals surface area contributed by atoms with Gasteiger partial charge in [-0.3, -0.25) is 0 Å². The maximum Gasteiger partial charge on any atom is 0.129 e. The van der Waals surface area contributed by atoms with Gasteiger partial charge in [0.15, 0.2) is 0 Å². The summed E-state index contributed by atoms with van der Waals surface area (Å²) in [7, 11) is 0. The van der Waals surface area contributed by atoms with Crippen LogP contribution in [-0.2, 0) is 6.42 Å². The number of nitrogens with zero attached hydrogens (tertiary/aromatic N) is 2. The second-order valence-electron chi connectivity index (χ2n) is 4.51. The van der Waals surface area contributed by atoms with E-state index >= 15 is 0 Å². The molecule has 1 aromatic carbocycles. The van der Waals surface area contributed by atoms with Crippen LogP contribution in [0.2, 0.25) is 0 Å². The Labute approximate surface area is 114 Å². The zero-order valence-corrected chi connectivity index (χ0v) is 12.0. The number of rotatable bonds is 3. The smallest absolute Gasteiger partial charge is 0.129 e. The Hall–Kier alpha value is -1.35. The standard InChI is InChI=1S/C15H18N2S/c1-10-4-5-13(12(3)11(10)2)14-6-8-16-15(17-14)7-9-18/h4-6,8,18H,7,9H2,1-3H3. The van der Waals surface area contributed by atoms with Crippen LogP contribution in [0.25, 0.3) is 11.3 Å². The van der Waals surface area contributed by atoms with Crippen molar-refractivity contribution < 1.29 is 0 Å². The molecule has 0 amide bonds. The second kappa shape index (κ2) is 5.53. The molecule has 0 spiro atoms. The Morgan fingerprint density at radius 1 is 1.06 bits per heavy atom. The largest absolute Gasteiger partial charge is 0.241 e. The van der Waals surface area contributed by atoms with E-state index < -0.39 is 0 Å². The van der Waals surface area contributed by atoms with Crippen LogP contribution in [0.1, 0.15) is 22.5 Å². The van der Waals surface area contributed by atoms with E-state index in [0.29, 0.717) is 0 Å². The Bertz CT molecular complexity index is 564. The SMILES string of the molecule is Cc1ccc(-c2ccnc(CCS)n2)c(C)c1C. The minimum absolute atomic E-state index is 0.773. The average molecular weight is 258 g/mol. The summed E-state index contributed by atoms with van der Waals surface area (Å²) in [4.78, 5) is 8.87. The van der Waals surface area contributed by atoms with Gasteiger partial charge in [-0.05, 0) is 49.3 Å². The van der Waals surface area contributed by atoms with Crippen LogP contribution >= 0.6 is 12.6 Å². The highest BCUT2D eigenvalue weighted by Crippen LogP contribution is 2.25. The van der Waals surface area contributed by atoms with Gasteiger partial charge in [0, 0.05) is 18.2 Å². The van der Waals surface area contributed by atoms with E-state index in [0.717, 1.165) is 23.7 Å². The summed E-state index contributed by atoms with van der Waals surface area (Å²) in [6.07, 6.45) is 2.64. The van der Waals surface area contributed by atoms with Gasteiger partial charge in [-0.1, -0.05) is 12.1 Å². The molecule has 2 rings (SSSR count). The molecule has 1 heterocycles. The fourth-order valence-corrected chi connectivity index (χ4v) is 2.20. The molecule has 0 saturated carbocycles. The third-order valence-electron chi connectivity index (χ3n) is 3.37. The molecule has 2 nitrogen and oxygen atoms in total. The summed E-state index contributed by atoms with van der Waals surface area (Å²) in [5.41, 5.74) is 6.15. The van der Waals surface area contributed by atoms with Gasteiger partial charge < -0.3 is 0 Å². The normalized spacial score (nSPS) is 10.7. The van der Waals surface area contributed by atoms with Crippen molar-refractivity contribution in [2.75, 3.05) is 5.75 Å². The molecular weight excluding hydrogens is 240 g/mol. The number of hydrogen-bond acceptors (Lipinski definition) is 3. The molecule has 0 bridgehead atoms. The predicted molar refractivity (Wildman–Crippen MR) is 79.2 cm³/mol. The van der Waals surface area contributed by atoms with Crippen molar-refractivity contribution in [2.24, 2.45) is 0 Å². The molecule has 0 atom stereocenters. The van der Waals surface area contributed by atoms with E-state index in [2.05, 4.69) is 55.5 Å². The van der Waals surface area contributed by atoms with Crippen molar-refractivity contribution in [1.29, 1.82) is 0 Å². The molecule has 0 fully saturated rings. The number of aromatic nitrogens is 2. The molecule has 2 aromatic rings.